The SMILES string of the molecule is COc1ccc(-c2cc(C=O)ccc2C)cc1. The van der Waals surface area contributed by atoms with Crippen molar-refractivity contribution in [1.29, 1.82) is 0 Å². The molecule has 2 aromatic rings. The molecule has 0 bridgehead atoms. The van der Waals surface area contributed by atoms with E-state index in [4.69, 9.17) is 4.74 Å². The van der Waals surface area contributed by atoms with E-state index in [2.05, 4.69) is 0 Å². The molecule has 0 spiro atoms. The highest BCUT2D eigenvalue weighted by molar-refractivity contribution is 5.80. The molecule has 0 unspecified atom stereocenters. The summed E-state index contributed by atoms with van der Waals surface area (Å²) in [6.45, 7) is 2.04. The van der Waals surface area contributed by atoms with Crippen molar-refractivity contribution in [3.63, 3.8) is 0 Å². The molecular weight excluding hydrogens is 212 g/mol. The van der Waals surface area contributed by atoms with E-state index in [1.807, 2.05) is 49.4 Å². The van der Waals surface area contributed by atoms with Gasteiger partial charge >= 0.3 is 0 Å². The molecular formula is C15H14O2. The number of ether oxygens (including phenoxy) is 1. The Balaban J connectivity index is 2.47. The fourth-order valence-corrected chi connectivity index (χ4v) is 1.79. The van der Waals surface area contributed by atoms with Gasteiger partial charge in [-0.25, -0.2) is 0 Å². The zero-order valence-electron chi connectivity index (χ0n) is 9.94. The number of methoxy groups -OCH3 is 1. The summed E-state index contributed by atoms with van der Waals surface area (Å²) in [5.74, 6) is 0.831. The molecule has 0 saturated heterocycles. The first-order valence-corrected chi connectivity index (χ1v) is 5.45. The average Bonchev–Trinajstić information content (AvgIpc) is 2.39. The number of rotatable bonds is 3. The first-order valence-electron chi connectivity index (χ1n) is 5.45. The van der Waals surface area contributed by atoms with Crippen LogP contribution >= 0.6 is 0 Å². The van der Waals surface area contributed by atoms with E-state index in [0.29, 0.717) is 5.56 Å². The van der Waals surface area contributed by atoms with Crippen LogP contribution in [0.1, 0.15) is 15.9 Å². The van der Waals surface area contributed by atoms with Crippen LogP contribution in [0.15, 0.2) is 42.5 Å². The normalized spacial score (nSPS) is 10.0. The molecule has 0 fully saturated rings. The van der Waals surface area contributed by atoms with Gasteiger partial charge in [0.2, 0.25) is 0 Å². The lowest BCUT2D eigenvalue weighted by atomic mass is 9.98. The van der Waals surface area contributed by atoms with Gasteiger partial charge in [-0.15, -0.1) is 0 Å². The summed E-state index contributed by atoms with van der Waals surface area (Å²) < 4.78 is 5.12. The van der Waals surface area contributed by atoms with Crippen molar-refractivity contribution in [2.75, 3.05) is 7.11 Å². The van der Waals surface area contributed by atoms with Gasteiger partial charge in [0.15, 0.2) is 0 Å². The van der Waals surface area contributed by atoms with Gasteiger partial charge in [-0.2, -0.15) is 0 Å². The first-order chi connectivity index (χ1) is 8.24. The van der Waals surface area contributed by atoms with Crippen molar-refractivity contribution in [2.24, 2.45) is 0 Å². The monoisotopic (exact) mass is 226 g/mol. The van der Waals surface area contributed by atoms with Crippen LogP contribution in [-0.4, -0.2) is 13.4 Å². The quantitative estimate of drug-likeness (QED) is 0.749. The van der Waals surface area contributed by atoms with Crippen molar-refractivity contribution in [3.05, 3.63) is 53.6 Å². The van der Waals surface area contributed by atoms with Crippen LogP contribution in [0.3, 0.4) is 0 Å². The van der Waals surface area contributed by atoms with Crippen LogP contribution in [0.4, 0.5) is 0 Å². The van der Waals surface area contributed by atoms with Gasteiger partial charge < -0.3 is 4.74 Å². The maximum absolute atomic E-state index is 10.8. The van der Waals surface area contributed by atoms with Crippen LogP contribution in [-0.2, 0) is 0 Å². The van der Waals surface area contributed by atoms with Crippen LogP contribution in [0.25, 0.3) is 11.1 Å². The fourth-order valence-electron chi connectivity index (χ4n) is 1.79. The van der Waals surface area contributed by atoms with Crippen molar-refractivity contribution < 1.29 is 9.53 Å². The number of aryl methyl sites for hydroxylation is 1. The molecule has 0 aliphatic heterocycles. The highest BCUT2D eigenvalue weighted by Crippen LogP contribution is 2.26. The maximum atomic E-state index is 10.8. The van der Waals surface area contributed by atoms with Crippen LogP contribution in [0, 0.1) is 6.92 Å². The molecule has 17 heavy (non-hydrogen) atoms. The molecule has 0 radical (unpaired) electrons. The second-order valence-corrected chi connectivity index (χ2v) is 3.92. The zero-order chi connectivity index (χ0) is 12.3. The van der Waals surface area contributed by atoms with Gasteiger partial charge in [0.1, 0.15) is 12.0 Å². The van der Waals surface area contributed by atoms with E-state index in [9.17, 15) is 4.79 Å². The summed E-state index contributed by atoms with van der Waals surface area (Å²) in [4.78, 5) is 10.8. The molecule has 0 aliphatic rings. The number of benzene rings is 2. The molecule has 0 atom stereocenters. The third-order valence-corrected chi connectivity index (χ3v) is 2.80. The third-order valence-electron chi connectivity index (χ3n) is 2.80. The van der Waals surface area contributed by atoms with Gasteiger partial charge in [-0.3, -0.25) is 4.79 Å². The first kappa shape index (κ1) is 11.4. The number of hydrogen-bond acceptors (Lipinski definition) is 2. The molecule has 2 heteroatoms. The average molecular weight is 226 g/mol. The molecule has 0 amide bonds. The van der Waals surface area contributed by atoms with E-state index < -0.39 is 0 Å². The van der Waals surface area contributed by atoms with Gasteiger partial charge in [0.05, 0.1) is 7.11 Å². The molecule has 86 valence electrons. The predicted molar refractivity (Wildman–Crippen MR) is 68.6 cm³/mol. The Kier molecular flexibility index (Phi) is 3.24. The smallest absolute Gasteiger partial charge is 0.150 e. The summed E-state index contributed by atoms with van der Waals surface area (Å²) in [5.41, 5.74) is 4.02. The number of carbonyl (C=O) groups excluding carboxylic acids is 1. The van der Waals surface area contributed by atoms with Gasteiger partial charge in [-0.05, 0) is 41.8 Å². The lowest BCUT2D eigenvalue weighted by molar-refractivity contribution is 0.112. The van der Waals surface area contributed by atoms with E-state index >= 15 is 0 Å². The van der Waals surface area contributed by atoms with Crippen molar-refractivity contribution >= 4 is 6.29 Å². The van der Waals surface area contributed by atoms with Crippen LogP contribution in [0.2, 0.25) is 0 Å². The molecule has 0 heterocycles. The third kappa shape index (κ3) is 2.36. The van der Waals surface area contributed by atoms with Crippen molar-refractivity contribution in [3.8, 4) is 16.9 Å². The predicted octanol–water partition coefficient (Wildman–Crippen LogP) is 3.48. The summed E-state index contributed by atoms with van der Waals surface area (Å²) in [6.07, 6.45) is 0.868. The second-order valence-electron chi connectivity index (χ2n) is 3.92. The Labute approximate surface area is 101 Å². The minimum Gasteiger partial charge on any atom is -0.497 e. The van der Waals surface area contributed by atoms with E-state index in [1.165, 1.54) is 0 Å². The maximum Gasteiger partial charge on any atom is 0.150 e. The molecule has 2 aromatic carbocycles. The molecule has 2 rings (SSSR count). The second kappa shape index (κ2) is 4.83. The van der Waals surface area contributed by atoms with E-state index in [-0.39, 0.29) is 0 Å². The summed E-state index contributed by atoms with van der Waals surface area (Å²) in [6, 6.07) is 13.5. The van der Waals surface area contributed by atoms with E-state index in [0.717, 1.165) is 28.7 Å². The van der Waals surface area contributed by atoms with Crippen molar-refractivity contribution in [2.45, 2.75) is 6.92 Å². The topological polar surface area (TPSA) is 26.3 Å². The van der Waals surface area contributed by atoms with Crippen LogP contribution in [0.5, 0.6) is 5.75 Å². The fraction of sp³-hybridized carbons (Fsp3) is 0.133. The highest BCUT2D eigenvalue weighted by Gasteiger charge is 2.03. The largest absolute Gasteiger partial charge is 0.497 e. The zero-order valence-corrected chi connectivity index (χ0v) is 9.94. The minimum absolute atomic E-state index is 0.696. The molecule has 2 nitrogen and oxygen atoms in total. The Morgan fingerprint density at radius 2 is 1.76 bits per heavy atom. The van der Waals surface area contributed by atoms with Gasteiger partial charge in [-0.1, -0.05) is 24.3 Å². The van der Waals surface area contributed by atoms with Gasteiger partial charge in [0, 0.05) is 5.56 Å². The Bertz CT molecular complexity index is 527. The summed E-state index contributed by atoms with van der Waals surface area (Å²) >= 11 is 0. The molecule has 0 aliphatic carbocycles. The lowest BCUT2D eigenvalue weighted by Crippen LogP contribution is -1.88. The molecule has 0 aromatic heterocycles. The highest BCUT2D eigenvalue weighted by atomic mass is 16.5. The minimum atomic E-state index is 0.696. The van der Waals surface area contributed by atoms with Crippen LogP contribution < -0.4 is 4.74 Å². The number of hydrogen-bond donors (Lipinski definition) is 0. The summed E-state index contributed by atoms with van der Waals surface area (Å²) in [7, 11) is 1.65. The Morgan fingerprint density at radius 3 is 2.35 bits per heavy atom. The Hall–Kier alpha value is -2.09. The Morgan fingerprint density at radius 1 is 1.06 bits per heavy atom. The molecule has 0 N–H and O–H groups in total. The lowest BCUT2D eigenvalue weighted by Gasteiger charge is -2.07. The van der Waals surface area contributed by atoms with E-state index in [1.54, 1.807) is 7.11 Å². The van der Waals surface area contributed by atoms with Crippen molar-refractivity contribution in [1.82, 2.24) is 0 Å². The molecule has 0 saturated carbocycles. The summed E-state index contributed by atoms with van der Waals surface area (Å²) in [5, 5.41) is 0. The number of carbonyl (C=O) groups is 1. The van der Waals surface area contributed by atoms with Gasteiger partial charge in [0.25, 0.3) is 0 Å². The number of aldehydes is 1. The standard InChI is InChI=1S/C15H14O2/c1-11-3-4-12(10-16)9-15(11)13-5-7-14(17-2)8-6-13/h3-10H,1-2H3.